The van der Waals surface area contributed by atoms with Crippen LogP contribution in [-0.2, 0) is 11.3 Å². The van der Waals surface area contributed by atoms with Crippen molar-refractivity contribution in [2.75, 3.05) is 7.11 Å². The molecule has 2 rings (SSSR count). The van der Waals surface area contributed by atoms with Gasteiger partial charge in [-0.15, -0.1) is 0 Å². The highest BCUT2D eigenvalue weighted by Gasteiger charge is 2.36. The summed E-state index contributed by atoms with van der Waals surface area (Å²) in [5, 5.41) is 4.39. The standard InChI is InChI=1S/C18H19FN2O4/c1-18(19,25-15-6-4-3-5-7-15)16(22)21-17(23)20-12-13-8-10-14(24-2)11-9-13/h3-11H,12H2,1-2H3,(H2,20,21,22,23). The third-order valence-electron chi connectivity index (χ3n) is 3.30. The smallest absolute Gasteiger partial charge is 0.324 e. The zero-order chi connectivity index (χ0) is 18.3. The highest BCUT2D eigenvalue weighted by atomic mass is 19.2. The van der Waals surface area contributed by atoms with Crippen molar-refractivity contribution in [1.82, 2.24) is 10.6 Å². The van der Waals surface area contributed by atoms with Crippen LogP contribution in [0, 0.1) is 0 Å². The minimum atomic E-state index is -2.68. The summed E-state index contributed by atoms with van der Waals surface area (Å²) in [5.41, 5.74) is 0.798. The Balaban J connectivity index is 1.84. The second-order valence-corrected chi connectivity index (χ2v) is 5.32. The van der Waals surface area contributed by atoms with Gasteiger partial charge < -0.3 is 14.8 Å². The van der Waals surface area contributed by atoms with Crippen molar-refractivity contribution < 1.29 is 23.5 Å². The summed E-state index contributed by atoms with van der Waals surface area (Å²) in [6.45, 7) is 1.11. The normalized spacial score (nSPS) is 12.6. The Morgan fingerprint density at radius 1 is 1.04 bits per heavy atom. The molecule has 3 amide bonds. The fraction of sp³-hybridized carbons (Fsp3) is 0.222. The third kappa shape index (κ3) is 5.49. The lowest BCUT2D eigenvalue weighted by Gasteiger charge is -2.20. The van der Waals surface area contributed by atoms with Gasteiger partial charge in [-0.3, -0.25) is 10.1 Å². The number of methoxy groups -OCH3 is 1. The van der Waals surface area contributed by atoms with Crippen molar-refractivity contribution in [2.45, 2.75) is 19.3 Å². The number of urea groups is 1. The summed E-state index contributed by atoms with van der Waals surface area (Å²) in [4.78, 5) is 23.6. The number of imide groups is 1. The van der Waals surface area contributed by atoms with Crippen LogP contribution in [0.25, 0.3) is 0 Å². The number of benzene rings is 2. The van der Waals surface area contributed by atoms with E-state index in [0.717, 1.165) is 12.5 Å². The van der Waals surface area contributed by atoms with Crippen molar-refractivity contribution in [1.29, 1.82) is 0 Å². The highest BCUT2D eigenvalue weighted by Crippen LogP contribution is 2.19. The molecular weight excluding hydrogens is 327 g/mol. The lowest BCUT2D eigenvalue weighted by atomic mass is 10.2. The Hall–Kier alpha value is -3.09. The number of halogens is 1. The second kappa shape index (κ2) is 8.14. The van der Waals surface area contributed by atoms with E-state index in [9.17, 15) is 14.0 Å². The Bertz CT molecular complexity index is 718. The van der Waals surface area contributed by atoms with Crippen molar-refractivity contribution in [3.63, 3.8) is 0 Å². The van der Waals surface area contributed by atoms with Crippen LogP contribution in [-0.4, -0.2) is 24.9 Å². The minimum absolute atomic E-state index is 0.172. The maximum Gasteiger partial charge on any atom is 0.324 e. The number of nitrogens with one attached hydrogen (secondary N) is 2. The van der Waals surface area contributed by atoms with Gasteiger partial charge >= 0.3 is 17.8 Å². The number of rotatable bonds is 6. The average Bonchev–Trinajstić information content (AvgIpc) is 2.61. The molecule has 0 saturated carbocycles. The number of ether oxygens (including phenoxy) is 2. The van der Waals surface area contributed by atoms with Crippen LogP contribution in [0.15, 0.2) is 54.6 Å². The van der Waals surface area contributed by atoms with Gasteiger partial charge in [0.15, 0.2) is 0 Å². The van der Waals surface area contributed by atoms with Gasteiger partial charge in [-0.25, -0.2) is 4.79 Å². The molecule has 7 heteroatoms. The van der Waals surface area contributed by atoms with Gasteiger partial charge in [-0.1, -0.05) is 30.3 Å². The van der Waals surface area contributed by atoms with E-state index in [-0.39, 0.29) is 12.3 Å². The van der Waals surface area contributed by atoms with E-state index < -0.39 is 17.8 Å². The quantitative estimate of drug-likeness (QED) is 0.843. The molecule has 0 aromatic heterocycles. The maximum atomic E-state index is 14.3. The van der Waals surface area contributed by atoms with Crippen LogP contribution in [0.2, 0.25) is 0 Å². The van der Waals surface area contributed by atoms with Gasteiger partial charge in [0.25, 0.3) is 0 Å². The summed E-state index contributed by atoms with van der Waals surface area (Å²) < 4.78 is 24.4. The minimum Gasteiger partial charge on any atom is -0.497 e. The number of carbonyl (C=O) groups is 2. The van der Waals surface area contributed by atoms with E-state index in [1.165, 1.54) is 12.1 Å². The number of hydrogen-bond donors (Lipinski definition) is 2. The molecule has 2 aromatic carbocycles. The van der Waals surface area contributed by atoms with E-state index in [2.05, 4.69) is 5.32 Å². The van der Waals surface area contributed by atoms with Gasteiger partial charge in [-0.05, 0) is 29.8 Å². The van der Waals surface area contributed by atoms with Crippen LogP contribution in [0.3, 0.4) is 0 Å². The Kier molecular flexibility index (Phi) is 5.94. The molecule has 2 N–H and O–H groups in total. The topological polar surface area (TPSA) is 76.7 Å². The van der Waals surface area contributed by atoms with Crippen LogP contribution >= 0.6 is 0 Å². The molecular formula is C18H19FN2O4. The molecule has 0 aliphatic carbocycles. The van der Waals surface area contributed by atoms with Gasteiger partial charge in [0.1, 0.15) is 11.5 Å². The molecule has 1 unspecified atom stereocenters. The summed E-state index contributed by atoms with van der Waals surface area (Å²) in [5.74, 6) is -3.00. The maximum absolute atomic E-state index is 14.3. The summed E-state index contributed by atoms with van der Waals surface area (Å²) in [7, 11) is 1.55. The lowest BCUT2D eigenvalue weighted by molar-refractivity contribution is -0.149. The number of alkyl halides is 1. The Morgan fingerprint density at radius 2 is 1.68 bits per heavy atom. The molecule has 0 aliphatic rings. The summed E-state index contributed by atoms with van der Waals surface area (Å²) in [6, 6.07) is 14.2. The van der Waals surface area contributed by atoms with Gasteiger partial charge in [0, 0.05) is 13.5 Å². The average molecular weight is 346 g/mol. The molecule has 0 radical (unpaired) electrons. The predicted octanol–water partition coefficient (Wildman–Crippen LogP) is 2.79. The summed E-state index contributed by atoms with van der Waals surface area (Å²) in [6.07, 6.45) is 0. The monoisotopic (exact) mass is 346 g/mol. The van der Waals surface area contributed by atoms with Crippen LogP contribution < -0.4 is 20.1 Å². The van der Waals surface area contributed by atoms with Gasteiger partial charge in [0.2, 0.25) is 0 Å². The van der Waals surface area contributed by atoms with Crippen LogP contribution in [0.1, 0.15) is 12.5 Å². The first-order valence-corrected chi connectivity index (χ1v) is 7.56. The van der Waals surface area contributed by atoms with Crippen molar-refractivity contribution >= 4 is 11.9 Å². The van der Waals surface area contributed by atoms with E-state index in [1.54, 1.807) is 49.6 Å². The fourth-order valence-electron chi connectivity index (χ4n) is 1.94. The number of amides is 3. The van der Waals surface area contributed by atoms with Crippen LogP contribution in [0.5, 0.6) is 11.5 Å². The largest absolute Gasteiger partial charge is 0.497 e. The van der Waals surface area contributed by atoms with E-state index >= 15 is 0 Å². The van der Waals surface area contributed by atoms with Crippen molar-refractivity contribution in [3.05, 3.63) is 60.2 Å². The second-order valence-electron chi connectivity index (χ2n) is 5.32. The first-order chi connectivity index (χ1) is 11.9. The zero-order valence-corrected chi connectivity index (χ0v) is 13.9. The van der Waals surface area contributed by atoms with E-state index in [0.29, 0.717) is 5.75 Å². The van der Waals surface area contributed by atoms with E-state index in [4.69, 9.17) is 9.47 Å². The third-order valence-corrected chi connectivity index (χ3v) is 3.30. The van der Waals surface area contributed by atoms with Gasteiger partial charge in [-0.2, -0.15) is 4.39 Å². The fourth-order valence-corrected chi connectivity index (χ4v) is 1.94. The van der Waals surface area contributed by atoms with Crippen molar-refractivity contribution in [2.24, 2.45) is 0 Å². The zero-order valence-electron chi connectivity index (χ0n) is 13.9. The highest BCUT2D eigenvalue weighted by molar-refractivity contribution is 5.97. The first kappa shape index (κ1) is 18.3. The van der Waals surface area contributed by atoms with Crippen LogP contribution in [0.4, 0.5) is 9.18 Å². The number of carbonyl (C=O) groups excluding carboxylic acids is 2. The lowest BCUT2D eigenvalue weighted by Crippen LogP contribution is -2.50. The van der Waals surface area contributed by atoms with Crippen molar-refractivity contribution in [3.8, 4) is 11.5 Å². The molecule has 0 heterocycles. The molecule has 0 aliphatic heterocycles. The van der Waals surface area contributed by atoms with E-state index in [1.807, 2.05) is 5.32 Å². The number of para-hydroxylation sites is 1. The molecule has 6 nitrogen and oxygen atoms in total. The molecule has 2 aromatic rings. The Labute approximate surface area is 144 Å². The molecule has 132 valence electrons. The molecule has 0 saturated heterocycles. The summed E-state index contributed by atoms with van der Waals surface area (Å²) >= 11 is 0. The first-order valence-electron chi connectivity index (χ1n) is 7.56. The molecule has 0 spiro atoms. The SMILES string of the molecule is COc1ccc(CNC(=O)NC(=O)C(C)(F)Oc2ccccc2)cc1. The molecule has 0 bridgehead atoms. The molecule has 1 atom stereocenters. The van der Waals surface area contributed by atoms with Gasteiger partial charge in [0.05, 0.1) is 7.11 Å². The molecule has 25 heavy (non-hydrogen) atoms. The molecule has 0 fully saturated rings. The predicted molar refractivity (Wildman–Crippen MR) is 90.0 cm³/mol. The Morgan fingerprint density at radius 3 is 2.28 bits per heavy atom. The number of hydrogen-bond acceptors (Lipinski definition) is 4.